The molecule has 6 heteroatoms. The number of hydrogen-bond donors (Lipinski definition) is 1. The van der Waals surface area contributed by atoms with Gasteiger partial charge in [-0.2, -0.15) is 0 Å². The molecular weight excluding hydrogens is 228 g/mol. The lowest BCUT2D eigenvalue weighted by Crippen LogP contribution is -2.00. The molecule has 0 spiro atoms. The van der Waals surface area contributed by atoms with Crippen molar-refractivity contribution < 1.29 is 13.9 Å². The van der Waals surface area contributed by atoms with Crippen molar-refractivity contribution in [2.24, 2.45) is 0 Å². The molecule has 0 unspecified atom stereocenters. The van der Waals surface area contributed by atoms with Gasteiger partial charge in [-0.3, -0.25) is 0 Å². The van der Waals surface area contributed by atoms with E-state index in [0.29, 0.717) is 18.5 Å². The largest absolute Gasteiger partial charge is 0.396 e. The van der Waals surface area contributed by atoms with Crippen LogP contribution in [0.1, 0.15) is 12.1 Å². The third kappa shape index (κ3) is 2.47. The SMILES string of the molecule is OCCCc1cn(-c2cccc(F)c2F)nn1. The van der Waals surface area contributed by atoms with E-state index in [1.165, 1.54) is 23.0 Å². The number of aromatic nitrogens is 3. The van der Waals surface area contributed by atoms with Gasteiger partial charge >= 0.3 is 0 Å². The molecule has 2 aromatic rings. The first-order chi connectivity index (χ1) is 8.22. The number of aliphatic hydroxyl groups is 1. The Labute approximate surface area is 96.5 Å². The number of nitrogens with zero attached hydrogens (tertiary/aromatic N) is 3. The minimum atomic E-state index is -0.953. The molecule has 1 N–H and O–H groups in total. The van der Waals surface area contributed by atoms with Crippen LogP contribution < -0.4 is 0 Å². The highest BCUT2D eigenvalue weighted by Crippen LogP contribution is 2.15. The van der Waals surface area contributed by atoms with Gasteiger partial charge in [0, 0.05) is 6.61 Å². The summed E-state index contributed by atoms with van der Waals surface area (Å²) in [6.07, 6.45) is 2.63. The molecule has 0 saturated carbocycles. The second-order valence-corrected chi connectivity index (χ2v) is 3.55. The quantitative estimate of drug-likeness (QED) is 0.879. The summed E-state index contributed by atoms with van der Waals surface area (Å²) >= 11 is 0. The topological polar surface area (TPSA) is 50.9 Å². The zero-order chi connectivity index (χ0) is 12.3. The molecule has 4 nitrogen and oxygen atoms in total. The van der Waals surface area contributed by atoms with Gasteiger partial charge in [-0.15, -0.1) is 5.10 Å². The van der Waals surface area contributed by atoms with Crippen molar-refractivity contribution in [2.75, 3.05) is 6.61 Å². The van der Waals surface area contributed by atoms with Gasteiger partial charge < -0.3 is 5.11 Å². The van der Waals surface area contributed by atoms with E-state index in [1.807, 2.05) is 0 Å². The first-order valence-corrected chi connectivity index (χ1v) is 5.19. The molecule has 0 aliphatic heterocycles. The van der Waals surface area contributed by atoms with E-state index in [0.717, 1.165) is 6.07 Å². The van der Waals surface area contributed by atoms with Gasteiger partial charge in [0.25, 0.3) is 0 Å². The highest BCUT2D eigenvalue weighted by molar-refractivity contribution is 5.33. The lowest BCUT2D eigenvalue weighted by atomic mass is 10.2. The molecule has 0 amide bonds. The summed E-state index contributed by atoms with van der Waals surface area (Å²) in [6.45, 7) is 0.0567. The predicted octanol–water partition coefficient (Wildman–Crippen LogP) is 1.47. The Hall–Kier alpha value is -1.82. The molecule has 0 atom stereocenters. The number of aryl methyl sites for hydroxylation is 1. The second kappa shape index (κ2) is 5.01. The smallest absolute Gasteiger partial charge is 0.184 e. The monoisotopic (exact) mass is 239 g/mol. The Bertz CT molecular complexity index is 513. The van der Waals surface area contributed by atoms with Gasteiger partial charge in [-0.05, 0) is 25.0 Å². The van der Waals surface area contributed by atoms with E-state index in [2.05, 4.69) is 10.3 Å². The molecule has 1 aromatic heterocycles. The Morgan fingerprint density at radius 3 is 2.88 bits per heavy atom. The van der Waals surface area contributed by atoms with E-state index >= 15 is 0 Å². The molecule has 0 radical (unpaired) electrons. The Kier molecular flexibility index (Phi) is 3.43. The number of benzene rings is 1. The average molecular weight is 239 g/mol. The van der Waals surface area contributed by atoms with Gasteiger partial charge in [-0.25, -0.2) is 13.5 Å². The summed E-state index contributed by atoms with van der Waals surface area (Å²) in [7, 11) is 0. The highest BCUT2D eigenvalue weighted by Gasteiger charge is 2.11. The first kappa shape index (κ1) is 11.7. The standard InChI is InChI=1S/C11H11F2N3O/c12-9-4-1-5-10(11(9)13)16-7-8(14-15-16)3-2-6-17/h1,4-5,7,17H,2-3,6H2. The lowest BCUT2D eigenvalue weighted by molar-refractivity contribution is 0.288. The van der Waals surface area contributed by atoms with Crippen LogP contribution in [0.4, 0.5) is 8.78 Å². The fraction of sp³-hybridized carbons (Fsp3) is 0.273. The zero-order valence-corrected chi connectivity index (χ0v) is 8.98. The maximum atomic E-state index is 13.4. The summed E-state index contributed by atoms with van der Waals surface area (Å²) in [4.78, 5) is 0. The van der Waals surface area contributed by atoms with Gasteiger partial charge in [0.2, 0.25) is 0 Å². The Morgan fingerprint density at radius 1 is 1.29 bits per heavy atom. The molecule has 0 saturated heterocycles. The van der Waals surface area contributed by atoms with Crippen molar-refractivity contribution in [1.82, 2.24) is 15.0 Å². The van der Waals surface area contributed by atoms with Gasteiger partial charge in [0.1, 0.15) is 5.69 Å². The van der Waals surface area contributed by atoms with Gasteiger partial charge in [-0.1, -0.05) is 11.3 Å². The Morgan fingerprint density at radius 2 is 2.12 bits per heavy atom. The number of aliphatic hydroxyl groups excluding tert-OH is 1. The molecule has 0 aliphatic carbocycles. The van der Waals surface area contributed by atoms with Crippen molar-refractivity contribution in [3.63, 3.8) is 0 Å². The normalized spacial score (nSPS) is 10.8. The van der Waals surface area contributed by atoms with Crippen LogP contribution in [0.3, 0.4) is 0 Å². The molecule has 0 aliphatic rings. The third-order valence-electron chi connectivity index (χ3n) is 2.31. The van der Waals surface area contributed by atoms with E-state index in [-0.39, 0.29) is 12.3 Å². The van der Waals surface area contributed by atoms with Crippen LogP contribution in [0.15, 0.2) is 24.4 Å². The fourth-order valence-corrected chi connectivity index (χ4v) is 1.46. The summed E-state index contributed by atoms with van der Waals surface area (Å²) in [5.74, 6) is -1.87. The van der Waals surface area contributed by atoms with Crippen molar-refractivity contribution in [3.05, 3.63) is 41.7 Å². The van der Waals surface area contributed by atoms with Crippen LogP contribution in [0.25, 0.3) is 5.69 Å². The van der Waals surface area contributed by atoms with Crippen molar-refractivity contribution in [3.8, 4) is 5.69 Å². The second-order valence-electron chi connectivity index (χ2n) is 3.55. The number of rotatable bonds is 4. The Balaban J connectivity index is 2.27. The van der Waals surface area contributed by atoms with Crippen LogP contribution in [0.2, 0.25) is 0 Å². The van der Waals surface area contributed by atoms with Crippen molar-refractivity contribution in [2.45, 2.75) is 12.8 Å². The maximum Gasteiger partial charge on any atom is 0.184 e. The number of halogens is 2. The van der Waals surface area contributed by atoms with E-state index < -0.39 is 11.6 Å². The van der Waals surface area contributed by atoms with Crippen molar-refractivity contribution in [1.29, 1.82) is 0 Å². The van der Waals surface area contributed by atoms with E-state index in [1.54, 1.807) is 0 Å². The van der Waals surface area contributed by atoms with E-state index in [4.69, 9.17) is 5.11 Å². The molecule has 0 bridgehead atoms. The first-order valence-electron chi connectivity index (χ1n) is 5.19. The maximum absolute atomic E-state index is 13.4. The van der Waals surface area contributed by atoms with Crippen LogP contribution in [-0.2, 0) is 6.42 Å². The van der Waals surface area contributed by atoms with Crippen LogP contribution in [0, 0.1) is 11.6 Å². The van der Waals surface area contributed by atoms with E-state index in [9.17, 15) is 8.78 Å². The van der Waals surface area contributed by atoms with Gasteiger partial charge in [0.15, 0.2) is 11.6 Å². The molecule has 90 valence electrons. The van der Waals surface area contributed by atoms with Crippen LogP contribution >= 0.6 is 0 Å². The molecular formula is C11H11F2N3O. The summed E-state index contributed by atoms with van der Waals surface area (Å²) < 4.78 is 27.6. The molecule has 0 fully saturated rings. The number of hydrogen-bond acceptors (Lipinski definition) is 3. The summed E-state index contributed by atoms with van der Waals surface area (Å²) in [5, 5.41) is 16.2. The van der Waals surface area contributed by atoms with Crippen molar-refractivity contribution >= 4 is 0 Å². The fourth-order valence-electron chi connectivity index (χ4n) is 1.46. The predicted molar refractivity (Wildman–Crippen MR) is 56.7 cm³/mol. The third-order valence-corrected chi connectivity index (χ3v) is 2.31. The minimum Gasteiger partial charge on any atom is -0.396 e. The molecule has 1 heterocycles. The van der Waals surface area contributed by atoms with Crippen LogP contribution in [0.5, 0.6) is 0 Å². The summed E-state index contributed by atoms with van der Waals surface area (Å²) in [6, 6.07) is 3.87. The minimum absolute atomic E-state index is 0.0211. The van der Waals surface area contributed by atoms with Crippen LogP contribution in [-0.4, -0.2) is 26.7 Å². The summed E-state index contributed by atoms with van der Waals surface area (Å²) in [5.41, 5.74) is 0.649. The zero-order valence-electron chi connectivity index (χ0n) is 8.98. The molecule has 17 heavy (non-hydrogen) atoms. The highest BCUT2D eigenvalue weighted by atomic mass is 19.2. The lowest BCUT2D eigenvalue weighted by Gasteiger charge is -2.01. The average Bonchev–Trinajstić information content (AvgIpc) is 2.78. The van der Waals surface area contributed by atoms with Gasteiger partial charge in [0.05, 0.1) is 11.9 Å². The molecule has 2 rings (SSSR count). The molecule has 1 aromatic carbocycles.